The van der Waals surface area contributed by atoms with E-state index < -0.39 is 12.0 Å². The summed E-state index contributed by atoms with van der Waals surface area (Å²) in [4.78, 5) is 22.6. The van der Waals surface area contributed by atoms with Gasteiger partial charge in [0.1, 0.15) is 17.0 Å². The SMILES string of the molecule is COc1ccc(C2SCC(C(=O)O)NC2=O)cc1. The minimum Gasteiger partial charge on any atom is -0.497 e. The molecule has 1 aliphatic rings. The Morgan fingerprint density at radius 2 is 2.11 bits per heavy atom. The zero-order valence-corrected chi connectivity index (χ0v) is 10.6. The van der Waals surface area contributed by atoms with E-state index in [2.05, 4.69) is 5.32 Å². The average Bonchev–Trinajstić information content (AvgIpc) is 2.38. The molecule has 0 saturated carbocycles. The third kappa shape index (κ3) is 2.59. The van der Waals surface area contributed by atoms with E-state index in [1.807, 2.05) is 12.1 Å². The average molecular weight is 267 g/mol. The Bertz CT molecular complexity index is 460. The molecule has 0 radical (unpaired) electrons. The Kier molecular flexibility index (Phi) is 3.76. The predicted octanol–water partition coefficient (Wildman–Crippen LogP) is 1.05. The van der Waals surface area contributed by atoms with E-state index in [1.54, 1.807) is 19.2 Å². The van der Waals surface area contributed by atoms with Crippen LogP contribution in [0.2, 0.25) is 0 Å². The number of hydrogen-bond donors (Lipinski definition) is 2. The number of carbonyl (C=O) groups excluding carboxylic acids is 1. The van der Waals surface area contributed by atoms with Crippen molar-refractivity contribution in [2.75, 3.05) is 12.9 Å². The van der Waals surface area contributed by atoms with Crippen molar-refractivity contribution in [2.45, 2.75) is 11.3 Å². The van der Waals surface area contributed by atoms with Crippen molar-refractivity contribution in [1.82, 2.24) is 5.32 Å². The van der Waals surface area contributed by atoms with Crippen molar-refractivity contribution in [2.24, 2.45) is 0 Å². The van der Waals surface area contributed by atoms with Crippen LogP contribution < -0.4 is 10.1 Å². The van der Waals surface area contributed by atoms with Crippen molar-refractivity contribution in [3.05, 3.63) is 29.8 Å². The Morgan fingerprint density at radius 1 is 1.44 bits per heavy atom. The summed E-state index contributed by atoms with van der Waals surface area (Å²) < 4.78 is 5.05. The molecule has 1 heterocycles. The van der Waals surface area contributed by atoms with Crippen LogP contribution in [-0.4, -0.2) is 35.9 Å². The van der Waals surface area contributed by atoms with E-state index >= 15 is 0 Å². The van der Waals surface area contributed by atoms with Crippen LogP contribution in [0, 0.1) is 0 Å². The maximum atomic E-state index is 11.8. The number of methoxy groups -OCH3 is 1. The standard InChI is InChI=1S/C12H13NO4S/c1-17-8-4-2-7(3-5-8)10-11(14)13-9(6-18-10)12(15)16/h2-5,9-10H,6H2,1H3,(H,13,14)(H,15,16). The van der Waals surface area contributed by atoms with Crippen molar-refractivity contribution in [3.63, 3.8) is 0 Å². The molecule has 2 atom stereocenters. The van der Waals surface area contributed by atoms with Crippen LogP contribution in [0.25, 0.3) is 0 Å². The molecule has 18 heavy (non-hydrogen) atoms. The summed E-state index contributed by atoms with van der Waals surface area (Å²) in [5, 5.41) is 11.0. The Labute approximate surface area is 109 Å². The fourth-order valence-electron chi connectivity index (χ4n) is 1.72. The van der Waals surface area contributed by atoms with E-state index in [0.29, 0.717) is 5.75 Å². The molecule has 96 valence electrons. The second kappa shape index (κ2) is 5.30. The molecule has 5 nitrogen and oxygen atoms in total. The summed E-state index contributed by atoms with van der Waals surface area (Å²) in [5.74, 6) is -0.158. The van der Waals surface area contributed by atoms with Gasteiger partial charge >= 0.3 is 5.97 Å². The lowest BCUT2D eigenvalue weighted by Gasteiger charge is -2.26. The van der Waals surface area contributed by atoms with Gasteiger partial charge in [-0.1, -0.05) is 12.1 Å². The lowest BCUT2D eigenvalue weighted by molar-refractivity contribution is -0.141. The largest absolute Gasteiger partial charge is 0.497 e. The topological polar surface area (TPSA) is 75.6 Å². The van der Waals surface area contributed by atoms with Crippen LogP contribution in [0.5, 0.6) is 5.75 Å². The van der Waals surface area contributed by atoms with Gasteiger partial charge in [-0.3, -0.25) is 4.79 Å². The zero-order chi connectivity index (χ0) is 13.1. The molecule has 1 aliphatic heterocycles. The normalized spacial score (nSPS) is 23.3. The number of nitrogens with one attached hydrogen (secondary N) is 1. The lowest BCUT2D eigenvalue weighted by atomic mass is 10.1. The molecule has 2 unspecified atom stereocenters. The Morgan fingerprint density at radius 3 is 2.61 bits per heavy atom. The highest BCUT2D eigenvalue weighted by molar-refractivity contribution is 8.00. The first-order valence-corrected chi connectivity index (χ1v) is 6.45. The molecule has 0 spiro atoms. The van der Waals surface area contributed by atoms with E-state index in [9.17, 15) is 9.59 Å². The number of rotatable bonds is 3. The number of thioether (sulfide) groups is 1. The third-order valence-corrected chi connectivity index (χ3v) is 4.05. The van der Waals surface area contributed by atoms with Crippen molar-refractivity contribution < 1.29 is 19.4 Å². The molecular formula is C12H13NO4S. The molecule has 0 aromatic heterocycles. The molecule has 1 fully saturated rings. The van der Waals surface area contributed by atoms with E-state index in [-0.39, 0.29) is 11.2 Å². The lowest BCUT2D eigenvalue weighted by Crippen LogP contribution is -2.47. The van der Waals surface area contributed by atoms with Gasteiger partial charge in [0.2, 0.25) is 5.91 Å². The van der Waals surface area contributed by atoms with Crippen LogP contribution in [-0.2, 0) is 9.59 Å². The highest BCUT2D eigenvalue weighted by Gasteiger charge is 2.32. The fraction of sp³-hybridized carbons (Fsp3) is 0.333. The van der Waals surface area contributed by atoms with Gasteiger partial charge in [0.05, 0.1) is 7.11 Å². The highest BCUT2D eigenvalue weighted by Crippen LogP contribution is 2.33. The quantitative estimate of drug-likeness (QED) is 0.856. The van der Waals surface area contributed by atoms with E-state index in [0.717, 1.165) is 11.3 Å². The summed E-state index contributed by atoms with van der Waals surface area (Å²) in [6.45, 7) is 0. The number of benzene rings is 1. The van der Waals surface area contributed by atoms with Gasteiger partial charge in [0.25, 0.3) is 0 Å². The number of ether oxygens (including phenoxy) is 1. The Balaban J connectivity index is 2.10. The molecule has 1 amide bonds. The number of amides is 1. The van der Waals surface area contributed by atoms with Crippen LogP contribution in [0.4, 0.5) is 0 Å². The van der Waals surface area contributed by atoms with Crippen LogP contribution in [0.1, 0.15) is 10.8 Å². The van der Waals surface area contributed by atoms with E-state index in [1.165, 1.54) is 11.8 Å². The number of carboxylic acids is 1. The molecule has 6 heteroatoms. The van der Waals surface area contributed by atoms with Crippen molar-refractivity contribution in [1.29, 1.82) is 0 Å². The fourth-order valence-corrected chi connectivity index (χ4v) is 2.90. The van der Waals surface area contributed by atoms with Gasteiger partial charge in [0, 0.05) is 5.75 Å². The second-order valence-corrected chi connectivity index (χ2v) is 5.02. The van der Waals surface area contributed by atoms with Gasteiger partial charge in [0.15, 0.2) is 0 Å². The maximum Gasteiger partial charge on any atom is 0.327 e. The summed E-state index contributed by atoms with van der Waals surface area (Å²) in [6, 6.07) is 6.41. The minimum atomic E-state index is -0.996. The third-order valence-electron chi connectivity index (χ3n) is 2.70. The van der Waals surface area contributed by atoms with Gasteiger partial charge in [-0.2, -0.15) is 0 Å². The van der Waals surface area contributed by atoms with Gasteiger partial charge in [-0.05, 0) is 17.7 Å². The minimum absolute atomic E-state index is 0.260. The van der Waals surface area contributed by atoms with Crippen LogP contribution in [0.3, 0.4) is 0 Å². The highest BCUT2D eigenvalue weighted by atomic mass is 32.2. The molecular weight excluding hydrogens is 254 g/mol. The molecule has 1 aromatic carbocycles. The molecule has 0 bridgehead atoms. The first-order valence-electron chi connectivity index (χ1n) is 5.40. The molecule has 1 saturated heterocycles. The molecule has 2 rings (SSSR count). The molecule has 2 N–H and O–H groups in total. The summed E-state index contributed by atoms with van der Waals surface area (Å²) in [7, 11) is 1.58. The second-order valence-electron chi connectivity index (χ2n) is 3.89. The van der Waals surface area contributed by atoms with Gasteiger partial charge in [-0.25, -0.2) is 4.79 Å². The predicted molar refractivity (Wildman–Crippen MR) is 67.8 cm³/mol. The summed E-state index contributed by atoms with van der Waals surface area (Å²) in [5.41, 5.74) is 0.849. The first-order chi connectivity index (χ1) is 8.61. The van der Waals surface area contributed by atoms with Crippen LogP contribution >= 0.6 is 11.8 Å². The van der Waals surface area contributed by atoms with Crippen molar-refractivity contribution >= 4 is 23.6 Å². The smallest absolute Gasteiger partial charge is 0.327 e. The molecule has 1 aromatic rings. The number of aliphatic carboxylic acids is 1. The number of hydrogen-bond acceptors (Lipinski definition) is 4. The van der Waals surface area contributed by atoms with E-state index in [4.69, 9.17) is 9.84 Å². The van der Waals surface area contributed by atoms with Gasteiger partial charge < -0.3 is 15.2 Å². The Hall–Kier alpha value is -1.69. The number of carboxylic acid groups (broad SMARTS) is 1. The summed E-state index contributed by atoms with van der Waals surface area (Å²) in [6.07, 6.45) is 0. The zero-order valence-electron chi connectivity index (χ0n) is 9.75. The molecule has 0 aliphatic carbocycles. The summed E-state index contributed by atoms with van der Waals surface area (Å²) >= 11 is 1.34. The van der Waals surface area contributed by atoms with Gasteiger partial charge in [-0.15, -0.1) is 11.8 Å². The maximum absolute atomic E-state index is 11.8. The van der Waals surface area contributed by atoms with Crippen LogP contribution in [0.15, 0.2) is 24.3 Å². The van der Waals surface area contributed by atoms with Crippen molar-refractivity contribution in [3.8, 4) is 5.75 Å². The number of carbonyl (C=O) groups is 2. The monoisotopic (exact) mass is 267 g/mol. The first kappa shape index (κ1) is 12.8.